The molecule has 2 aromatic carbocycles. The largest absolute Gasteiger partial charge is 0.497 e. The van der Waals surface area contributed by atoms with Gasteiger partial charge in [0.1, 0.15) is 11.5 Å². The van der Waals surface area contributed by atoms with E-state index >= 15 is 0 Å². The van der Waals surface area contributed by atoms with Crippen molar-refractivity contribution in [2.45, 2.75) is 0 Å². The van der Waals surface area contributed by atoms with Crippen LogP contribution < -0.4 is 9.47 Å². The Morgan fingerprint density at radius 2 is 1.88 bits per heavy atom. The van der Waals surface area contributed by atoms with Crippen LogP contribution in [-0.2, 0) is 0 Å². The van der Waals surface area contributed by atoms with Crippen LogP contribution in [0.1, 0.15) is 11.3 Å². The van der Waals surface area contributed by atoms with Crippen LogP contribution in [0.25, 0.3) is 23.1 Å². The molecule has 0 radical (unpaired) electrons. The number of fused-ring (bicyclic) bond motifs is 1. The number of hydrogen-bond acceptors (Lipinski definition) is 5. The molecule has 0 fully saturated rings. The molecule has 6 heteroatoms. The molecule has 3 rings (SSSR count). The third-order valence-electron chi connectivity index (χ3n) is 3.80. The molecule has 0 saturated heterocycles. The number of ether oxygens (including phenoxy) is 2. The summed E-state index contributed by atoms with van der Waals surface area (Å²) in [5.41, 5.74) is 2.21. The molecule has 0 N–H and O–H groups in total. The predicted molar refractivity (Wildman–Crippen MR) is 96.9 cm³/mol. The first kappa shape index (κ1) is 16.4. The van der Waals surface area contributed by atoms with Crippen molar-refractivity contribution in [1.82, 2.24) is 4.98 Å². The van der Waals surface area contributed by atoms with Gasteiger partial charge in [0, 0.05) is 17.7 Å². The molecule has 1 heterocycles. The summed E-state index contributed by atoms with van der Waals surface area (Å²) in [6.45, 7) is 0. The van der Waals surface area contributed by atoms with E-state index < -0.39 is 4.92 Å². The number of rotatable bonds is 5. The van der Waals surface area contributed by atoms with Crippen molar-refractivity contribution in [1.29, 1.82) is 0 Å². The smallest absolute Gasteiger partial charge is 0.278 e. The molecule has 3 aromatic rings. The van der Waals surface area contributed by atoms with E-state index in [1.165, 1.54) is 6.07 Å². The summed E-state index contributed by atoms with van der Waals surface area (Å²) in [5, 5.41) is 11.6. The second kappa shape index (κ2) is 7.00. The Hall–Kier alpha value is -3.41. The zero-order valence-electron chi connectivity index (χ0n) is 13.8. The molecule has 0 saturated carbocycles. The van der Waals surface area contributed by atoms with Gasteiger partial charge in [-0.2, -0.15) is 0 Å². The Morgan fingerprint density at radius 1 is 1.04 bits per heavy atom. The quantitative estimate of drug-likeness (QED) is 0.512. The van der Waals surface area contributed by atoms with Crippen molar-refractivity contribution in [2.24, 2.45) is 0 Å². The Balaban J connectivity index is 1.96. The van der Waals surface area contributed by atoms with Crippen molar-refractivity contribution in [3.63, 3.8) is 0 Å². The average Bonchev–Trinajstić information content (AvgIpc) is 2.65. The van der Waals surface area contributed by atoms with E-state index in [0.717, 1.165) is 5.56 Å². The molecular weight excluding hydrogens is 320 g/mol. The van der Waals surface area contributed by atoms with Crippen molar-refractivity contribution >= 4 is 28.7 Å². The molecule has 6 nitrogen and oxygen atoms in total. The number of aromatic nitrogens is 1. The number of benzene rings is 2. The van der Waals surface area contributed by atoms with E-state index in [0.29, 0.717) is 28.1 Å². The first-order chi connectivity index (χ1) is 12.1. The summed E-state index contributed by atoms with van der Waals surface area (Å²) in [7, 11) is 3.20. The average molecular weight is 336 g/mol. The van der Waals surface area contributed by atoms with Gasteiger partial charge in [0.15, 0.2) is 0 Å². The van der Waals surface area contributed by atoms with Gasteiger partial charge >= 0.3 is 0 Å². The maximum atomic E-state index is 11.1. The summed E-state index contributed by atoms with van der Waals surface area (Å²) in [4.78, 5) is 15.1. The van der Waals surface area contributed by atoms with Gasteiger partial charge in [0.2, 0.25) is 0 Å². The van der Waals surface area contributed by atoms with E-state index in [4.69, 9.17) is 9.47 Å². The van der Waals surface area contributed by atoms with Crippen LogP contribution in [0.4, 0.5) is 5.69 Å². The minimum atomic E-state index is -0.401. The summed E-state index contributed by atoms with van der Waals surface area (Å²) in [5.74, 6) is 1.40. The number of methoxy groups -OCH3 is 2. The third-order valence-corrected chi connectivity index (χ3v) is 3.80. The van der Waals surface area contributed by atoms with E-state index in [-0.39, 0.29) is 5.69 Å². The van der Waals surface area contributed by atoms with Crippen molar-refractivity contribution in [3.8, 4) is 11.5 Å². The van der Waals surface area contributed by atoms with E-state index in [1.807, 2.05) is 24.3 Å². The highest BCUT2D eigenvalue weighted by Crippen LogP contribution is 2.27. The molecule has 0 atom stereocenters. The maximum absolute atomic E-state index is 11.1. The fourth-order valence-electron chi connectivity index (χ4n) is 2.54. The highest BCUT2D eigenvalue weighted by molar-refractivity contribution is 5.89. The Bertz CT molecular complexity index is 967. The minimum Gasteiger partial charge on any atom is -0.497 e. The van der Waals surface area contributed by atoms with Gasteiger partial charge in [0.25, 0.3) is 5.69 Å². The lowest BCUT2D eigenvalue weighted by Crippen LogP contribution is -1.91. The molecule has 0 aliphatic carbocycles. The molecule has 126 valence electrons. The monoisotopic (exact) mass is 336 g/mol. The molecule has 25 heavy (non-hydrogen) atoms. The number of nitrogens with zero attached hydrogens (tertiary/aromatic N) is 2. The van der Waals surface area contributed by atoms with Gasteiger partial charge in [-0.05, 0) is 42.5 Å². The molecule has 0 bridgehead atoms. The summed E-state index contributed by atoms with van der Waals surface area (Å²) >= 11 is 0. The highest BCUT2D eigenvalue weighted by atomic mass is 16.6. The summed E-state index contributed by atoms with van der Waals surface area (Å²) in [6, 6.07) is 13.9. The van der Waals surface area contributed by atoms with Gasteiger partial charge in [-0.15, -0.1) is 0 Å². The second-order valence-corrected chi connectivity index (χ2v) is 5.28. The van der Waals surface area contributed by atoms with Crippen LogP contribution in [0.2, 0.25) is 0 Å². The highest BCUT2D eigenvalue weighted by Gasteiger charge is 2.11. The maximum Gasteiger partial charge on any atom is 0.278 e. The van der Waals surface area contributed by atoms with Crippen LogP contribution in [0.3, 0.4) is 0 Å². The van der Waals surface area contributed by atoms with Crippen LogP contribution >= 0.6 is 0 Å². The third kappa shape index (κ3) is 3.42. The van der Waals surface area contributed by atoms with E-state index in [2.05, 4.69) is 4.98 Å². The zero-order valence-corrected chi connectivity index (χ0v) is 13.8. The molecular formula is C19H16N2O4. The van der Waals surface area contributed by atoms with Crippen molar-refractivity contribution in [2.75, 3.05) is 14.2 Å². The van der Waals surface area contributed by atoms with Crippen LogP contribution in [0, 0.1) is 10.1 Å². The van der Waals surface area contributed by atoms with Gasteiger partial charge in [-0.1, -0.05) is 6.07 Å². The normalized spacial score (nSPS) is 11.0. The Kier molecular flexibility index (Phi) is 4.61. The van der Waals surface area contributed by atoms with Crippen LogP contribution in [-0.4, -0.2) is 24.1 Å². The number of pyridine rings is 1. The number of non-ortho nitro benzene ring substituents is 1. The standard InChI is InChI=1S/C19H16N2O4/c1-24-15-10-7-13(19(12-15)25-2)6-8-14-9-11-16-17(20-14)4-3-5-18(16)21(22)23/h3-12H,1-2H3/b8-6-. The van der Waals surface area contributed by atoms with Gasteiger partial charge in [0.05, 0.1) is 35.7 Å². The molecule has 0 spiro atoms. The summed E-state index contributed by atoms with van der Waals surface area (Å²) < 4.78 is 10.5. The number of hydrogen-bond donors (Lipinski definition) is 0. The molecule has 0 amide bonds. The fourth-order valence-corrected chi connectivity index (χ4v) is 2.54. The summed E-state index contributed by atoms with van der Waals surface area (Å²) in [6.07, 6.45) is 3.71. The first-order valence-electron chi connectivity index (χ1n) is 7.56. The Labute approximate surface area is 144 Å². The van der Waals surface area contributed by atoms with Crippen molar-refractivity contribution < 1.29 is 14.4 Å². The zero-order chi connectivity index (χ0) is 17.8. The van der Waals surface area contributed by atoms with E-state index in [9.17, 15) is 10.1 Å². The SMILES string of the molecule is COc1ccc(/C=C\c2ccc3c([N+](=O)[O-])cccc3n2)c(OC)c1. The molecule has 0 aliphatic heterocycles. The number of nitro groups is 1. The predicted octanol–water partition coefficient (Wildman–Crippen LogP) is 4.33. The van der Waals surface area contributed by atoms with Crippen LogP contribution in [0.5, 0.6) is 11.5 Å². The Morgan fingerprint density at radius 3 is 2.60 bits per heavy atom. The van der Waals surface area contributed by atoms with E-state index in [1.54, 1.807) is 44.6 Å². The molecule has 0 unspecified atom stereocenters. The number of nitro benzene ring substituents is 1. The topological polar surface area (TPSA) is 74.5 Å². The van der Waals surface area contributed by atoms with Crippen LogP contribution in [0.15, 0.2) is 48.5 Å². The lowest BCUT2D eigenvalue weighted by Gasteiger charge is -2.07. The lowest BCUT2D eigenvalue weighted by molar-refractivity contribution is -0.383. The molecule has 0 aliphatic rings. The fraction of sp³-hybridized carbons (Fsp3) is 0.105. The van der Waals surface area contributed by atoms with Crippen molar-refractivity contribution in [3.05, 3.63) is 69.9 Å². The van der Waals surface area contributed by atoms with Gasteiger partial charge in [-0.3, -0.25) is 10.1 Å². The second-order valence-electron chi connectivity index (χ2n) is 5.28. The first-order valence-corrected chi connectivity index (χ1v) is 7.56. The lowest BCUT2D eigenvalue weighted by atomic mass is 10.1. The minimum absolute atomic E-state index is 0.0531. The van der Waals surface area contributed by atoms with Gasteiger partial charge < -0.3 is 9.47 Å². The molecule has 1 aromatic heterocycles. The van der Waals surface area contributed by atoms with Gasteiger partial charge in [-0.25, -0.2) is 4.98 Å².